The van der Waals surface area contributed by atoms with Crippen molar-refractivity contribution in [2.75, 3.05) is 0 Å². The minimum Gasteiger partial charge on any atom is -0.208 e. The van der Waals surface area contributed by atoms with Gasteiger partial charge in [0.05, 0.1) is 4.90 Å². The average Bonchev–Trinajstić information content (AvgIpc) is 2.82. The Morgan fingerprint density at radius 2 is 2.00 bits per heavy atom. The third kappa shape index (κ3) is 3.09. The molecule has 0 bridgehead atoms. The van der Waals surface area contributed by atoms with Crippen LogP contribution in [0.25, 0.3) is 0 Å². The molecule has 2 rings (SSSR count). The van der Waals surface area contributed by atoms with Gasteiger partial charge < -0.3 is 0 Å². The highest BCUT2D eigenvalue weighted by molar-refractivity contribution is 7.89. The molecule has 1 aromatic rings. The summed E-state index contributed by atoms with van der Waals surface area (Å²) in [5, 5.41) is 0. The molecule has 1 unspecified atom stereocenters. The van der Waals surface area contributed by atoms with Crippen LogP contribution in [-0.2, 0) is 10.0 Å². The van der Waals surface area contributed by atoms with Crippen molar-refractivity contribution in [3.8, 4) is 0 Å². The van der Waals surface area contributed by atoms with E-state index in [9.17, 15) is 12.8 Å². The number of hydrogen-bond donors (Lipinski definition) is 1. The summed E-state index contributed by atoms with van der Waals surface area (Å²) in [6.45, 7) is 1.88. The lowest BCUT2D eigenvalue weighted by molar-refractivity contribution is 0.424. The molecule has 5 heteroatoms. The van der Waals surface area contributed by atoms with Crippen LogP contribution in [0.1, 0.15) is 32.6 Å². The zero-order chi connectivity index (χ0) is 13.2. The van der Waals surface area contributed by atoms with Crippen molar-refractivity contribution in [2.24, 2.45) is 5.92 Å². The van der Waals surface area contributed by atoms with E-state index in [-0.39, 0.29) is 10.9 Å². The van der Waals surface area contributed by atoms with Gasteiger partial charge in [0.15, 0.2) is 0 Å². The van der Waals surface area contributed by atoms with Crippen molar-refractivity contribution in [1.29, 1.82) is 0 Å². The fourth-order valence-corrected chi connectivity index (χ4v) is 3.84. The fraction of sp³-hybridized carbons (Fsp3) is 0.538. The Bertz CT molecular complexity index is 509. The van der Waals surface area contributed by atoms with E-state index in [2.05, 4.69) is 4.72 Å². The Labute approximate surface area is 107 Å². The van der Waals surface area contributed by atoms with Gasteiger partial charge in [-0.25, -0.2) is 17.5 Å². The molecule has 0 radical (unpaired) electrons. The molecule has 1 fully saturated rings. The second kappa shape index (κ2) is 5.36. The van der Waals surface area contributed by atoms with Gasteiger partial charge in [-0.2, -0.15) is 0 Å². The van der Waals surface area contributed by atoms with Gasteiger partial charge in [0.2, 0.25) is 10.0 Å². The number of sulfonamides is 1. The van der Waals surface area contributed by atoms with Gasteiger partial charge >= 0.3 is 0 Å². The van der Waals surface area contributed by atoms with Gasteiger partial charge in [0.1, 0.15) is 5.82 Å². The van der Waals surface area contributed by atoms with Crippen molar-refractivity contribution < 1.29 is 12.8 Å². The lowest BCUT2D eigenvalue weighted by Gasteiger charge is -2.20. The molecule has 1 saturated carbocycles. The lowest BCUT2D eigenvalue weighted by Crippen LogP contribution is -2.37. The van der Waals surface area contributed by atoms with Crippen LogP contribution in [0.3, 0.4) is 0 Å². The number of halogens is 1. The molecule has 3 nitrogen and oxygen atoms in total. The van der Waals surface area contributed by atoms with Gasteiger partial charge in [0, 0.05) is 6.04 Å². The Hall–Kier alpha value is -0.940. The van der Waals surface area contributed by atoms with Crippen molar-refractivity contribution in [2.45, 2.75) is 43.5 Å². The molecule has 0 saturated heterocycles. The van der Waals surface area contributed by atoms with Crippen molar-refractivity contribution in [3.63, 3.8) is 0 Å². The zero-order valence-corrected chi connectivity index (χ0v) is 11.2. The van der Waals surface area contributed by atoms with Crippen molar-refractivity contribution >= 4 is 10.0 Å². The summed E-state index contributed by atoms with van der Waals surface area (Å²) in [4.78, 5) is -0.00709. The standard InChI is InChI=1S/C13H18FNO2S/c1-10(11-5-2-3-6-11)15-18(16,17)13-8-4-7-12(14)9-13/h4,7-11,15H,2-3,5-6H2,1H3. The van der Waals surface area contributed by atoms with Crippen LogP contribution < -0.4 is 4.72 Å². The van der Waals surface area contributed by atoms with E-state index in [1.54, 1.807) is 0 Å². The van der Waals surface area contributed by atoms with Gasteiger partial charge in [-0.1, -0.05) is 18.9 Å². The molecule has 0 aliphatic heterocycles. The Balaban J connectivity index is 2.11. The molecule has 0 spiro atoms. The first-order valence-corrected chi connectivity index (χ1v) is 7.75. The molecule has 0 aromatic heterocycles. The normalized spacial score (nSPS) is 19.0. The second-order valence-corrected chi connectivity index (χ2v) is 6.63. The molecule has 0 heterocycles. The first kappa shape index (κ1) is 13.5. The maximum atomic E-state index is 13.0. The minimum absolute atomic E-state index is 0.00709. The summed E-state index contributed by atoms with van der Waals surface area (Å²) < 4.78 is 39.8. The van der Waals surface area contributed by atoms with E-state index in [0.29, 0.717) is 5.92 Å². The molecule has 18 heavy (non-hydrogen) atoms. The molecule has 1 aliphatic rings. The topological polar surface area (TPSA) is 46.2 Å². The predicted octanol–water partition coefficient (Wildman–Crippen LogP) is 2.68. The van der Waals surface area contributed by atoms with E-state index < -0.39 is 15.8 Å². The van der Waals surface area contributed by atoms with Crippen molar-refractivity contribution in [1.82, 2.24) is 4.72 Å². The lowest BCUT2D eigenvalue weighted by atomic mass is 10.0. The Morgan fingerprint density at radius 1 is 1.33 bits per heavy atom. The molecular weight excluding hydrogens is 253 g/mol. The number of benzene rings is 1. The summed E-state index contributed by atoms with van der Waals surface area (Å²) in [5.41, 5.74) is 0. The predicted molar refractivity (Wildman–Crippen MR) is 68.1 cm³/mol. The van der Waals surface area contributed by atoms with Crippen LogP contribution >= 0.6 is 0 Å². The minimum atomic E-state index is -3.61. The fourth-order valence-electron chi connectivity index (χ4n) is 2.50. The van der Waals surface area contributed by atoms with Crippen LogP contribution in [0.2, 0.25) is 0 Å². The number of nitrogens with one attached hydrogen (secondary N) is 1. The largest absolute Gasteiger partial charge is 0.240 e. The summed E-state index contributed by atoms with van der Waals surface area (Å²) >= 11 is 0. The van der Waals surface area contributed by atoms with E-state index in [1.165, 1.54) is 18.2 Å². The molecule has 1 atom stereocenters. The van der Waals surface area contributed by atoms with Gasteiger partial charge in [-0.3, -0.25) is 0 Å². The highest BCUT2D eigenvalue weighted by atomic mass is 32.2. The van der Waals surface area contributed by atoms with Gasteiger partial charge in [-0.05, 0) is 43.9 Å². The van der Waals surface area contributed by atoms with E-state index >= 15 is 0 Å². The Morgan fingerprint density at radius 3 is 2.61 bits per heavy atom. The second-order valence-electron chi connectivity index (χ2n) is 4.91. The third-order valence-electron chi connectivity index (χ3n) is 3.55. The highest BCUT2D eigenvalue weighted by Crippen LogP contribution is 2.28. The molecule has 1 N–H and O–H groups in total. The van der Waals surface area contributed by atoms with Crippen LogP contribution in [0.4, 0.5) is 4.39 Å². The third-order valence-corrected chi connectivity index (χ3v) is 5.11. The summed E-state index contributed by atoms with van der Waals surface area (Å²) in [5.74, 6) is -0.139. The van der Waals surface area contributed by atoms with Crippen LogP contribution in [0.5, 0.6) is 0 Å². The average molecular weight is 271 g/mol. The highest BCUT2D eigenvalue weighted by Gasteiger charge is 2.26. The number of hydrogen-bond acceptors (Lipinski definition) is 2. The first-order chi connectivity index (χ1) is 8.49. The molecular formula is C13H18FNO2S. The maximum absolute atomic E-state index is 13.0. The maximum Gasteiger partial charge on any atom is 0.240 e. The van der Waals surface area contributed by atoms with Crippen LogP contribution in [0.15, 0.2) is 29.2 Å². The summed E-state index contributed by atoms with van der Waals surface area (Å²) in [6, 6.07) is 5.00. The van der Waals surface area contributed by atoms with Crippen LogP contribution in [0, 0.1) is 11.7 Å². The quantitative estimate of drug-likeness (QED) is 0.915. The number of rotatable bonds is 4. The molecule has 1 aliphatic carbocycles. The summed E-state index contributed by atoms with van der Waals surface area (Å²) in [6.07, 6.45) is 4.45. The van der Waals surface area contributed by atoms with Crippen molar-refractivity contribution in [3.05, 3.63) is 30.1 Å². The molecule has 100 valence electrons. The van der Waals surface area contributed by atoms with Crippen LogP contribution in [-0.4, -0.2) is 14.5 Å². The molecule has 1 aromatic carbocycles. The van der Waals surface area contributed by atoms with E-state index in [4.69, 9.17) is 0 Å². The molecule has 0 amide bonds. The van der Waals surface area contributed by atoms with E-state index in [1.807, 2.05) is 6.92 Å². The zero-order valence-electron chi connectivity index (χ0n) is 10.4. The SMILES string of the molecule is CC(NS(=O)(=O)c1cccc(F)c1)C1CCCC1. The monoisotopic (exact) mass is 271 g/mol. The Kier molecular flexibility index (Phi) is 4.02. The first-order valence-electron chi connectivity index (χ1n) is 6.27. The van der Waals surface area contributed by atoms with Gasteiger partial charge in [-0.15, -0.1) is 0 Å². The van der Waals surface area contributed by atoms with E-state index in [0.717, 1.165) is 31.7 Å². The van der Waals surface area contributed by atoms with Gasteiger partial charge in [0.25, 0.3) is 0 Å². The summed E-state index contributed by atoms with van der Waals surface area (Å²) in [7, 11) is -3.61. The smallest absolute Gasteiger partial charge is 0.208 e.